The number of carbonyl (C=O) groups excluding carboxylic acids is 1. The van der Waals surface area contributed by atoms with Crippen LogP contribution in [0.4, 0.5) is 0 Å². The molecule has 2 rings (SSSR count). The highest BCUT2D eigenvalue weighted by molar-refractivity contribution is 8.00. The van der Waals surface area contributed by atoms with Crippen molar-refractivity contribution in [2.45, 2.75) is 43.6 Å². The smallest absolute Gasteiger partial charge is 0.324 e. The lowest BCUT2D eigenvalue weighted by molar-refractivity contribution is -0.148. The monoisotopic (exact) mass is 241 g/mol. The number of esters is 1. The topological polar surface area (TPSA) is 29.5 Å². The molecule has 0 amide bonds. The van der Waals surface area contributed by atoms with Gasteiger partial charge in [0.15, 0.2) is 0 Å². The van der Waals surface area contributed by atoms with Crippen LogP contribution in [0.15, 0.2) is 12.7 Å². The minimum absolute atomic E-state index is 0.0256. The van der Waals surface area contributed by atoms with Crippen LogP contribution in [0.3, 0.4) is 0 Å². The van der Waals surface area contributed by atoms with Gasteiger partial charge in [0.25, 0.3) is 0 Å². The fourth-order valence-corrected chi connectivity index (χ4v) is 4.15. The van der Waals surface area contributed by atoms with Crippen LogP contribution in [0, 0.1) is 0 Å². The van der Waals surface area contributed by atoms with Crippen LogP contribution in [-0.2, 0) is 9.53 Å². The third-order valence-corrected chi connectivity index (χ3v) is 4.68. The van der Waals surface area contributed by atoms with Crippen molar-refractivity contribution in [1.82, 2.24) is 4.90 Å². The van der Waals surface area contributed by atoms with Gasteiger partial charge in [0.1, 0.15) is 6.04 Å². The summed E-state index contributed by atoms with van der Waals surface area (Å²) in [6.07, 6.45) is 5.31. The first-order valence-corrected chi connectivity index (χ1v) is 6.99. The molecule has 0 aromatic heterocycles. The third-order valence-electron chi connectivity index (χ3n) is 3.30. The summed E-state index contributed by atoms with van der Waals surface area (Å²) in [6, 6.07) is 0.467. The molecule has 2 aliphatic heterocycles. The van der Waals surface area contributed by atoms with Crippen molar-refractivity contribution < 1.29 is 9.53 Å². The second-order valence-corrected chi connectivity index (χ2v) is 5.47. The fourth-order valence-electron chi connectivity index (χ4n) is 2.64. The van der Waals surface area contributed by atoms with Crippen molar-refractivity contribution in [3.05, 3.63) is 12.7 Å². The minimum Gasteiger partial charge on any atom is -0.465 e. The van der Waals surface area contributed by atoms with E-state index >= 15 is 0 Å². The maximum absolute atomic E-state index is 11.8. The normalized spacial score (nSPS) is 33.7. The number of hydrogen-bond donors (Lipinski definition) is 0. The third kappa shape index (κ3) is 2.13. The highest BCUT2D eigenvalue weighted by Gasteiger charge is 2.46. The molecule has 0 aromatic carbocycles. The second-order valence-electron chi connectivity index (χ2n) is 4.26. The molecule has 0 N–H and O–H groups in total. The van der Waals surface area contributed by atoms with Gasteiger partial charge in [-0.05, 0) is 26.2 Å². The molecule has 90 valence electrons. The van der Waals surface area contributed by atoms with E-state index in [1.54, 1.807) is 0 Å². The summed E-state index contributed by atoms with van der Waals surface area (Å²) < 4.78 is 5.14. The van der Waals surface area contributed by atoms with E-state index in [4.69, 9.17) is 4.74 Å². The Bertz CT molecular complexity index is 282. The maximum atomic E-state index is 11.8. The number of thioether (sulfide) groups is 1. The number of rotatable bonds is 4. The lowest BCUT2D eigenvalue weighted by atomic mass is 10.1. The van der Waals surface area contributed by atoms with E-state index in [1.807, 2.05) is 24.8 Å². The molecular weight excluding hydrogens is 222 g/mol. The Kier molecular flexibility index (Phi) is 3.92. The van der Waals surface area contributed by atoms with E-state index in [1.165, 1.54) is 12.8 Å². The van der Waals surface area contributed by atoms with Crippen LogP contribution in [0.2, 0.25) is 0 Å². The van der Waals surface area contributed by atoms with Crippen molar-refractivity contribution in [3.63, 3.8) is 0 Å². The van der Waals surface area contributed by atoms with Gasteiger partial charge < -0.3 is 4.74 Å². The van der Waals surface area contributed by atoms with Crippen molar-refractivity contribution >= 4 is 17.7 Å². The van der Waals surface area contributed by atoms with E-state index in [-0.39, 0.29) is 12.0 Å². The summed E-state index contributed by atoms with van der Waals surface area (Å²) in [5, 5.41) is 0.527. The van der Waals surface area contributed by atoms with Gasteiger partial charge in [0.2, 0.25) is 0 Å². The van der Waals surface area contributed by atoms with Crippen molar-refractivity contribution in [3.8, 4) is 0 Å². The summed E-state index contributed by atoms with van der Waals surface area (Å²) in [4.78, 5) is 14.2. The van der Waals surface area contributed by atoms with E-state index in [9.17, 15) is 4.79 Å². The molecule has 0 aromatic rings. The van der Waals surface area contributed by atoms with Crippen LogP contribution in [-0.4, -0.2) is 40.7 Å². The average molecular weight is 241 g/mol. The van der Waals surface area contributed by atoms with Gasteiger partial charge in [-0.1, -0.05) is 6.08 Å². The van der Waals surface area contributed by atoms with Crippen LogP contribution in [0.1, 0.15) is 26.2 Å². The summed E-state index contributed by atoms with van der Waals surface area (Å²) in [5.41, 5.74) is 0. The number of ether oxygens (including phenoxy) is 1. The highest BCUT2D eigenvalue weighted by Crippen LogP contribution is 2.41. The summed E-state index contributed by atoms with van der Waals surface area (Å²) in [5.74, 6) is 0.838. The molecule has 0 spiro atoms. The highest BCUT2D eigenvalue weighted by atomic mass is 32.2. The summed E-state index contributed by atoms with van der Waals surface area (Å²) >= 11 is 1.90. The number of hydrogen-bond acceptors (Lipinski definition) is 4. The molecule has 2 saturated heterocycles. The van der Waals surface area contributed by atoms with Gasteiger partial charge in [0, 0.05) is 11.8 Å². The lowest BCUT2D eigenvalue weighted by Gasteiger charge is -2.27. The predicted molar refractivity (Wildman–Crippen MR) is 66.3 cm³/mol. The SMILES string of the molecule is C=CC[C@H]1CC[C@@H]2SC[C@@H](C(=O)OCC)N12. The Hall–Kier alpha value is -0.480. The first-order chi connectivity index (χ1) is 7.77. The molecule has 0 unspecified atom stereocenters. The largest absolute Gasteiger partial charge is 0.465 e. The van der Waals surface area contributed by atoms with E-state index in [0.29, 0.717) is 18.0 Å². The first kappa shape index (κ1) is 12.0. The lowest BCUT2D eigenvalue weighted by Crippen LogP contribution is -2.44. The van der Waals surface area contributed by atoms with Crippen LogP contribution >= 0.6 is 11.8 Å². The zero-order chi connectivity index (χ0) is 11.5. The van der Waals surface area contributed by atoms with E-state index in [0.717, 1.165) is 12.2 Å². The van der Waals surface area contributed by atoms with Gasteiger partial charge >= 0.3 is 5.97 Å². The van der Waals surface area contributed by atoms with Crippen molar-refractivity contribution in [2.75, 3.05) is 12.4 Å². The molecular formula is C12H19NO2S. The van der Waals surface area contributed by atoms with Crippen molar-refractivity contribution in [1.29, 1.82) is 0 Å². The Balaban J connectivity index is 2.04. The zero-order valence-corrected chi connectivity index (χ0v) is 10.5. The molecule has 3 atom stereocenters. The molecule has 2 aliphatic rings. The average Bonchev–Trinajstić information content (AvgIpc) is 2.81. The van der Waals surface area contributed by atoms with Gasteiger partial charge in [-0.15, -0.1) is 18.3 Å². The Morgan fingerprint density at radius 1 is 1.62 bits per heavy atom. The quantitative estimate of drug-likeness (QED) is 0.556. The van der Waals surface area contributed by atoms with Gasteiger partial charge in [-0.25, -0.2) is 0 Å². The molecule has 0 bridgehead atoms. The Morgan fingerprint density at radius 3 is 3.12 bits per heavy atom. The molecule has 2 heterocycles. The molecule has 0 aliphatic carbocycles. The second kappa shape index (κ2) is 5.23. The standard InChI is InChI=1S/C12H19NO2S/c1-3-5-9-6-7-11-13(9)10(8-16-11)12(14)15-4-2/h3,9-11H,1,4-8H2,2H3/t9-,10-,11-/m0/s1. The number of carbonyl (C=O) groups is 1. The zero-order valence-electron chi connectivity index (χ0n) is 9.72. The molecule has 3 nitrogen and oxygen atoms in total. The summed E-state index contributed by atoms with van der Waals surface area (Å²) in [6.45, 7) is 6.14. The van der Waals surface area contributed by atoms with Gasteiger partial charge in [0.05, 0.1) is 12.0 Å². The number of fused-ring (bicyclic) bond motifs is 1. The molecule has 16 heavy (non-hydrogen) atoms. The number of nitrogens with zero attached hydrogens (tertiary/aromatic N) is 1. The van der Waals surface area contributed by atoms with Gasteiger partial charge in [-0.3, -0.25) is 9.69 Å². The maximum Gasteiger partial charge on any atom is 0.324 e. The fraction of sp³-hybridized carbons (Fsp3) is 0.750. The molecule has 0 radical (unpaired) electrons. The molecule has 0 saturated carbocycles. The van der Waals surface area contributed by atoms with Crippen molar-refractivity contribution in [2.24, 2.45) is 0 Å². The molecule has 2 fully saturated rings. The molecule has 4 heteroatoms. The Labute approximate surface area is 101 Å². The van der Waals surface area contributed by atoms with Crippen LogP contribution in [0.5, 0.6) is 0 Å². The Morgan fingerprint density at radius 2 is 2.44 bits per heavy atom. The first-order valence-electron chi connectivity index (χ1n) is 5.94. The van der Waals surface area contributed by atoms with E-state index < -0.39 is 0 Å². The van der Waals surface area contributed by atoms with Crippen LogP contribution < -0.4 is 0 Å². The van der Waals surface area contributed by atoms with Gasteiger partial charge in [-0.2, -0.15) is 0 Å². The summed E-state index contributed by atoms with van der Waals surface area (Å²) in [7, 11) is 0. The minimum atomic E-state index is -0.0477. The van der Waals surface area contributed by atoms with Crippen LogP contribution in [0.25, 0.3) is 0 Å². The predicted octanol–water partition coefficient (Wildman–Crippen LogP) is 2.03. The van der Waals surface area contributed by atoms with E-state index in [2.05, 4.69) is 11.5 Å².